The molecule has 0 aromatic heterocycles. The number of hydrogen-bond acceptors (Lipinski definition) is 6. The van der Waals surface area contributed by atoms with E-state index in [1.807, 2.05) is 34.2 Å². The number of aliphatic hydroxyl groups excluding tert-OH is 1. The average molecular weight is 516 g/mol. The molecule has 0 bridgehead atoms. The smallest absolute Gasteiger partial charge is 0.398 e. The van der Waals surface area contributed by atoms with E-state index >= 15 is 0 Å². The van der Waals surface area contributed by atoms with Gasteiger partial charge in [-0.2, -0.15) is 13.2 Å². The number of hydrogen-bond donors (Lipinski definition) is 6. The predicted octanol–water partition coefficient (Wildman–Crippen LogP) is 3.15. The van der Waals surface area contributed by atoms with Crippen LogP contribution in [0.15, 0.2) is 78.1 Å². The quantitative estimate of drug-likeness (QED) is 0.264. The van der Waals surface area contributed by atoms with Gasteiger partial charge in [0.25, 0.3) is 0 Å². The minimum absolute atomic E-state index is 0.292. The van der Waals surface area contributed by atoms with Crippen LogP contribution in [-0.2, 0) is 0 Å². The van der Waals surface area contributed by atoms with Crippen molar-refractivity contribution in [2.75, 3.05) is 25.0 Å². The Kier molecular flexibility index (Phi) is 7.58. The number of piperidine rings is 1. The zero-order chi connectivity index (χ0) is 26.6. The highest BCUT2D eigenvalue weighted by atomic mass is 19.4. The first kappa shape index (κ1) is 25.9. The molecule has 0 saturated carbocycles. The number of amides is 2. The van der Waals surface area contributed by atoms with Gasteiger partial charge in [0.15, 0.2) is 0 Å². The van der Waals surface area contributed by atoms with Crippen LogP contribution in [0.5, 0.6) is 0 Å². The Bertz CT molecular complexity index is 1220. The number of benzene rings is 1. The van der Waals surface area contributed by atoms with Crippen LogP contribution < -0.4 is 21.7 Å². The third kappa shape index (κ3) is 6.73. The van der Waals surface area contributed by atoms with E-state index in [2.05, 4.69) is 10.6 Å². The second kappa shape index (κ2) is 10.8. The number of fused-ring (bicyclic) bond motifs is 1. The zero-order valence-electron chi connectivity index (χ0n) is 19.8. The van der Waals surface area contributed by atoms with E-state index in [4.69, 9.17) is 11.1 Å². The highest BCUT2D eigenvalue weighted by Crippen LogP contribution is 2.32. The molecule has 1 saturated heterocycles. The molecule has 7 N–H and O–H groups in total. The second-order valence-electron chi connectivity index (χ2n) is 8.76. The molecular formula is C25H28F3N7O2. The number of rotatable bonds is 5. The van der Waals surface area contributed by atoms with E-state index in [1.54, 1.807) is 41.9 Å². The van der Waals surface area contributed by atoms with E-state index in [1.165, 1.54) is 0 Å². The molecule has 3 heterocycles. The van der Waals surface area contributed by atoms with Crippen molar-refractivity contribution in [1.82, 2.24) is 20.4 Å². The van der Waals surface area contributed by atoms with E-state index in [0.717, 1.165) is 42.0 Å². The topological polar surface area (TPSA) is 130 Å². The van der Waals surface area contributed by atoms with Gasteiger partial charge in [-0.25, -0.2) is 4.79 Å². The first-order chi connectivity index (χ1) is 17.6. The van der Waals surface area contributed by atoms with Gasteiger partial charge in [-0.15, -0.1) is 0 Å². The van der Waals surface area contributed by atoms with Crippen LogP contribution >= 0.6 is 0 Å². The van der Waals surface area contributed by atoms with Gasteiger partial charge in [-0.1, -0.05) is 12.1 Å². The zero-order valence-corrected chi connectivity index (χ0v) is 19.8. The lowest BCUT2D eigenvalue weighted by Gasteiger charge is -2.30. The maximum atomic E-state index is 12.3. The van der Waals surface area contributed by atoms with E-state index in [-0.39, 0.29) is 0 Å². The Morgan fingerprint density at radius 1 is 1.32 bits per heavy atom. The molecule has 0 radical (unpaired) electrons. The SMILES string of the molecule is N=C(C=CC(N)=C1C=CN2C(=C1)NC=C2c1cccc(NC(=O)NCC(F)(F)F)c1)N1CCCC(O)C1. The normalized spacial score (nSPS) is 20.7. The van der Waals surface area contributed by atoms with Crippen molar-refractivity contribution in [2.24, 2.45) is 5.73 Å². The fraction of sp³-hybridized carbons (Fsp3) is 0.280. The summed E-state index contributed by atoms with van der Waals surface area (Å²) in [5.74, 6) is 1.03. The molecular weight excluding hydrogens is 487 g/mol. The number of halogens is 3. The van der Waals surface area contributed by atoms with E-state index in [9.17, 15) is 23.1 Å². The van der Waals surface area contributed by atoms with Crippen molar-refractivity contribution < 1.29 is 23.1 Å². The molecule has 37 heavy (non-hydrogen) atoms. The van der Waals surface area contributed by atoms with E-state index in [0.29, 0.717) is 23.8 Å². The summed E-state index contributed by atoms with van der Waals surface area (Å²) in [7, 11) is 0. The Labute approximate surface area is 212 Å². The van der Waals surface area contributed by atoms with Gasteiger partial charge in [-0.3, -0.25) is 5.41 Å². The van der Waals surface area contributed by atoms with Crippen LogP contribution in [0.2, 0.25) is 0 Å². The number of β-amino-alcohol motifs (C(OH)–C–C–N with tert-alkyl or cyclic N) is 1. The fourth-order valence-corrected chi connectivity index (χ4v) is 4.09. The second-order valence-corrected chi connectivity index (χ2v) is 8.76. The molecule has 1 unspecified atom stereocenters. The van der Waals surface area contributed by atoms with Crippen molar-refractivity contribution in [2.45, 2.75) is 25.1 Å². The Morgan fingerprint density at radius 2 is 2.14 bits per heavy atom. The minimum atomic E-state index is -4.49. The highest BCUT2D eigenvalue weighted by Gasteiger charge is 2.28. The lowest BCUT2D eigenvalue weighted by Crippen LogP contribution is -2.41. The molecule has 3 aliphatic rings. The van der Waals surface area contributed by atoms with Gasteiger partial charge in [0.1, 0.15) is 18.2 Å². The molecule has 4 rings (SSSR count). The van der Waals surface area contributed by atoms with Crippen molar-refractivity contribution in [1.29, 1.82) is 5.41 Å². The number of carbonyl (C=O) groups is 1. The fourth-order valence-electron chi connectivity index (χ4n) is 4.09. The maximum absolute atomic E-state index is 12.3. The summed E-state index contributed by atoms with van der Waals surface area (Å²) in [5, 5.41) is 25.4. The summed E-state index contributed by atoms with van der Waals surface area (Å²) < 4.78 is 37.0. The molecule has 2 amide bonds. The summed E-state index contributed by atoms with van der Waals surface area (Å²) in [6.45, 7) is -0.258. The third-order valence-electron chi connectivity index (χ3n) is 5.93. The Hall–Kier alpha value is -4.19. The largest absolute Gasteiger partial charge is 0.405 e. The van der Waals surface area contributed by atoms with Gasteiger partial charge >= 0.3 is 12.2 Å². The number of nitrogens with zero attached hydrogens (tertiary/aromatic N) is 2. The molecule has 3 aliphatic heterocycles. The van der Waals surface area contributed by atoms with Crippen LogP contribution in [0.3, 0.4) is 0 Å². The molecule has 1 fully saturated rings. The van der Waals surface area contributed by atoms with E-state index < -0.39 is 24.9 Å². The maximum Gasteiger partial charge on any atom is 0.405 e. The molecule has 12 heteroatoms. The number of nitrogens with one attached hydrogen (secondary N) is 4. The summed E-state index contributed by atoms with van der Waals surface area (Å²) in [5.41, 5.74) is 9.30. The lowest BCUT2D eigenvalue weighted by atomic mass is 10.1. The van der Waals surface area contributed by atoms with Gasteiger partial charge < -0.3 is 36.6 Å². The Morgan fingerprint density at radius 3 is 2.89 bits per heavy atom. The van der Waals surface area contributed by atoms with Crippen molar-refractivity contribution in [3.63, 3.8) is 0 Å². The molecule has 1 aromatic rings. The number of likely N-dealkylation sites (tertiary alicyclic amines) is 1. The number of aliphatic hydroxyl groups is 1. The van der Waals surface area contributed by atoms with Crippen LogP contribution in [0.25, 0.3) is 5.70 Å². The first-order valence-corrected chi connectivity index (χ1v) is 11.7. The van der Waals surface area contributed by atoms with Crippen LogP contribution in [0.1, 0.15) is 18.4 Å². The number of amidine groups is 1. The summed E-state index contributed by atoms with van der Waals surface area (Å²) in [6, 6.07) is 5.79. The number of alkyl halides is 3. The van der Waals surface area contributed by atoms with Crippen molar-refractivity contribution >= 4 is 23.3 Å². The molecule has 1 atom stereocenters. The van der Waals surface area contributed by atoms with Crippen LogP contribution in [-0.4, -0.2) is 58.7 Å². The number of urea groups is 1. The molecule has 1 aromatic carbocycles. The van der Waals surface area contributed by atoms with Crippen LogP contribution in [0, 0.1) is 5.41 Å². The van der Waals surface area contributed by atoms with Crippen LogP contribution in [0.4, 0.5) is 23.7 Å². The molecule has 9 nitrogen and oxygen atoms in total. The lowest BCUT2D eigenvalue weighted by molar-refractivity contribution is -0.122. The van der Waals surface area contributed by atoms with Crippen molar-refractivity contribution in [3.8, 4) is 0 Å². The summed E-state index contributed by atoms with van der Waals surface area (Å²) in [6.07, 6.45) is 7.22. The molecule has 0 aliphatic carbocycles. The summed E-state index contributed by atoms with van der Waals surface area (Å²) in [4.78, 5) is 15.5. The standard InChI is InChI=1S/C25H28F3N7O2/c26-25(27,28)15-32-24(37)33-18-4-1-3-17(11-18)21-13-31-23-12-16(8-10-35(21)23)20(29)6-7-22(30)34-9-2-5-19(36)14-34/h1,3-4,6-8,10-13,19,30-31,36H,2,5,9,14-15,29H2,(H2,32,33,37). The number of carbonyl (C=O) groups excluding carboxylic acids is 1. The highest BCUT2D eigenvalue weighted by molar-refractivity contribution is 5.91. The number of allylic oxidation sites excluding steroid dienone is 4. The number of anilines is 1. The summed E-state index contributed by atoms with van der Waals surface area (Å²) >= 11 is 0. The third-order valence-corrected chi connectivity index (χ3v) is 5.93. The molecule has 0 spiro atoms. The molecule has 196 valence electrons. The van der Waals surface area contributed by atoms with Gasteiger partial charge in [0.05, 0.1) is 11.8 Å². The van der Waals surface area contributed by atoms with Crippen molar-refractivity contribution in [3.05, 3.63) is 83.6 Å². The average Bonchev–Trinajstić information content (AvgIpc) is 3.29. The van der Waals surface area contributed by atoms with Gasteiger partial charge in [0.2, 0.25) is 0 Å². The Balaban J connectivity index is 1.40. The first-order valence-electron chi connectivity index (χ1n) is 11.7. The predicted molar refractivity (Wildman–Crippen MR) is 135 cm³/mol. The van der Waals surface area contributed by atoms with Gasteiger partial charge in [0, 0.05) is 48.0 Å². The van der Waals surface area contributed by atoms with Gasteiger partial charge in [-0.05, 0) is 49.3 Å². The monoisotopic (exact) mass is 515 g/mol. The minimum Gasteiger partial charge on any atom is -0.398 e. The number of nitrogens with two attached hydrogens (primary N) is 1.